The van der Waals surface area contributed by atoms with Crippen LogP contribution in [0.1, 0.15) is 24.0 Å². The molecule has 1 aliphatic rings. The summed E-state index contributed by atoms with van der Waals surface area (Å²) < 4.78 is 7.42. The molecule has 0 amide bonds. The maximum atomic E-state index is 6.38. The van der Waals surface area contributed by atoms with Gasteiger partial charge in [0, 0.05) is 5.56 Å². The maximum absolute atomic E-state index is 6.38. The molecule has 0 spiro atoms. The largest absolute Gasteiger partial charge is 0.464 e. The van der Waals surface area contributed by atoms with E-state index in [2.05, 4.69) is 20.2 Å². The minimum Gasteiger partial charge on any atom is -0.464 e. The van der Waals surface area contributed by atoms with Crippen molar-refractivity contribution in [2.75, 3.05) is 6.61 Å². The topological polar surface area (TPSA) is 65.2 Å². The summed E-state index contributed by atoms with van der Waals surface area (Å²) >= 11 is 12.5. The van der Waals surface area contributed by atoms with Crippen molar-refractivity contribution in [2.24, 2.45) is 4.99 Å². The molecule has 4 rings (SSSR count). The number of fused-ring (bicyclic) bond motifs is 3. The van der Waals surface area contributed by atoms with Gasteiger partial charge < -0.3 is 4.74 Å². The highest BCUT2D eigenvalue weighted by molar-refractivity contribution is 6.35. The van der Waals surface area contributed by atoms with Gasteiger partial charge in [0.2, 0.25) is 0 Å². The van der Waals surface area contributed by atoms with Crippen LogP contribution < -0.4 is 4.74 Å². The van der Waals surface area contributed by atoms with Crippen LogP contribution in [0.4, 0.5) is 0 Å². The van der Waals surface area contributed by atoms with Gasteiger partial charge in [-0.05, 0) is 25.1 Å². The summed E-state index contributed by atoms with van der Waals surface area (Å²) in [4.78, 5) is 9.18. The second-order valence-electron chi connectivity index (χ2n) is 5.31. The number of ether oxygens (including phenoxy) is 1. The Labute approximate surface area is 154 Å². The third-order valence-corrected chi connectivity index (χ3v) is 4.33. The molecule has 0 radical (unpaired) electrons. The predicted molar refractivity (Wildman–Crippen MR) is 96.1 cm³/mol. The molecule has 0 saturated carbocycles. The molecular formula is C17H13Cl2N5O. The van der Waals surface area contributed by atoms with E-state index >= 15 is 0 Å². The first-order valence-corrected chi connectivity index (χ1v) is 8.48. The van der Waals surface area contributed by atoms with Gasteiger partial charge >= 0.3 is 6.01 Å². The number of aromatic nitrogens is 4. The molecule has 0 aliphatic carbocycles. The van der Waals surface area contributed by atoms with E-state index in [4.69, 9.17) is 27.9 Å². The standard InChI is InChI=1S/C17H13Cl2N5O/c1-2-25-17-23-22-14-9-20-15(10-5-3-4-6-11(10)18)16-12(24(14)17)7-8-13(19)21-16/h3-8H,2,9H2,1H3. The summed E-state index contributed by atoms with van der Waals surface area (Å²) in [6, 6.07) is 11.5. The quantitative estimate of drug-likeness (QED) is 0.656. The molecule has 6 nitrogen and oxygen atoms in total. The van der Waals surface area contributed by atoms with Crippen LogP contribution in [0.2, 0.25) is 10.2 Å². The van der Waals surface area contributed by atoms with Crippen molar-refractivity contribution in [1.82, 2.24) is 19.7 Å². The van der Waals surface area contributed by atoms with Crippen LogP contribution in [0.5, 0.6) is 6.01 Å². The van der Waals surface area contributed by atoms with Crippen LogP contribution in [-0.2, 0) is 6.54 Å². The van der Waals surface area contributed by atoms with Crippen molar-refractivity contribution >= 4 is 28.9 Å². The molecule has 126 valence electrons. The van der Waals surface area contributed by atoms with E-state index < -0.39 is 0 Å². The Kier molecular flexibility index (Phi) is 4.15. The van der Waals surface area contributed by atoms with Crippen molar-refractivity contribution in [3.63, 3.8) is 0 Å². The molecule has 0 unspecified atom stereocenters. The second kappa shape index (κ2) is 6.46. The van der Waals surface area contributed by atoms with Gasteiger partial charge in [-0.3, -0.25) is 4.99 Å². The maximum Gasteiger partial charge on any atom is 0.321 e. The van der Waals surface area contributed by atoms with Gasteiger partial charge in [-0.25, -0.2) is 9.55 Å². The average molecular weight is 374 g/mol. The smallest absolute Gasteiger partial charge is 0.321 e. The number of halogens is 2. The molecule has 0 N–H and O–H groups in total. The Morgan fingerprint density at radius 1 is 1.12 bits per heavy atom. The SMILES string of the molecule is CCOc1nnc2n1-c1ccc(Cl)nc1C(c1ccccc1Cl)=NC2. The molecule has 0 saturated heterocycles. The Bertz CT molecular complexity index is 983. The Morgan fingerprint density at radius 3 is 2.76 bits per heavy atom. The normalized spacial score (nSPS) is 12.8. The molecule has 0 fully saturated rings. The molecule has 1 aliphatic heterocycles. The fraction of sp³-hybridized carbons (Fsp3) is 0.176. The lowest BCUT2D eigenvalue weighted by Crippen LogP contribution is -2.11. The monoisotopic (exact) mass is 373 g/mol. The fourth-order valence-electron chi connectivity index (χ4n) is 2.74. The molecule has 2 aromatic heterocycles. The van der Waals surface area contributed by atoms with E-state index in [9.17, 15) is 0 Å². The number of hydrogen-bond donors (Lipinski definition) is 0. The summed E-state index contributed by atoms with van der Waals surface area (Å²) in [7, 11) is 0. The second-order valence-corrected chi connectivity index (χ2v) is 6.11. The summed E-state index contributed by atoms with van der Waals surface area (Å²) in [6.07, 6.45) is 0. The van der Waals surface area contributed by atoms with Crippen molar-refractivity contribution in [3.05, 3.63) is 63.7 Å². The van der Waals surface area contributed by atoms with Gasteiger partial charge in [0.25, 0.3) is 0 Å². The van der Waals surface area contributed by atoms with Crippen molar-refractivity contribution in [1.29, 1.82) is 0 Å². The Hall–Kier alpha value is -2.44. The molecule has 8 heteroatoms. The first-order valence-electron chi connectivity index (χ1n) is 7.72. The molecule has 1 aromatic carbocycles. The molecule has 0 bridgehead atoms. The minimum absolute atomic E-state index is 0.328. The summed E-state index contributed by atoms with van der Waals surface area (Å²) in [5.74, 6) is 0.663. The van der Waals surface area contributed by atoms with Gasteiger partial charge in [0.05, 0.1) is 23.0 Å². The van der Waals surface area contributed by atoms with Gasteiger partial charge in [-0.2, -0.15) is 0 Å². The van der Waals surface area contributed by atoms with Gasteiger partial charge in [0.15, 0.2) is 5.82 Å². The highest BCUT2D eigenvalue weighted by Crippen LogP contribution is 2.30. The number of benzene rings is 1. The fourth-order valence-corrected chi connectivity index (χ4v) is 3.11. The van der Waals surface area contributed by atoms with Crippen LogP contribution in [0, 0.1) is 0 Å². The van der Waals surface area contributed by atoms with E-state index in [-0.39, 0.29) is 0 Å². The molecular weight excluding hydrogens is 361 g/mol. The van der Waals surface area contributed by atoms with E-state index in [1.165, 1.54) is 0 Å². The number of pyridine rings is 1. The van der Waals surface area contributed by atoms with E-state index in [1.807, 2.05) is 41.8 Å². The predicted octanol–water partition coefficient (Wildman–Crippen LogP) is 3.72. The Balaban J connectivity index is 1.98. The molecule has 0 atom stereocenters. The number of aliphatic imine (C=N–C) groups is 1. The third-order valence-electron chi connectivity index (χ3n) is 3.79. The van der Waals surface area contributed by atoms with Gasteiger partial charge in [0.1, 0.15) is 17.4 Å². The third kappa shape index (κ3) is 2.77. The van der Waals surface area contributed by atoms with Crippen LogP contribution in [0.15, 0.2) is 41.4 Å². The van der Waals surface area contributed by atoms with Crippen molar-refractivity contribution in [2.45, 2.75) is 13.5 Å². The van der Waals surface area contributed by atoms with Crippen LogP contribution in [0.25, 0.3) is 5.69 Å². The number of nitrogens with zero attached hydrogens (tertiary/aromatic N) is 5. The van der Waals surface area contributed by atoms with Crippen molar-refractivity contribution < 1.29 is 4.74 Å². The lowest BCUT2D eigenvalue weighted by Gasteiger charge is -2.13. The lowest BCUT2D eigenvalue weighted by atomic mass is 10.1. The first kappa shape index (κ1) is 16.1. The zero-order valence-electron chi connectivity index (χ0n) is 13.3. The minimum atomic E-state index is 0.328. The van der Waals surface area contributed by atoms with E-state index in [1.54, 1.807) is 6.07 Å². The summed E-state index contributed by atoms with van der Waals surface area (Å²) in [5.41, 5.74) is 2.82. The molecule has 3 heterocycles. The zero-order valence-corrected chi connectivity index (χ0v) is 14.8. The first-order chi connectivity index (χ1) is 12.2. The van der Waals surface area contributed by atoms with Gasteiger partial charge in [-0.15, -0.1) is 5.10 Å². The Morgan fingerprint density at radius 2 is 1.96 bits per heavy atom. The molecule has 25 heavy (non-hydrogen) atoms. The lowest BCUT2D eigenvalue weighted by molar-refractivity contribution is 0.305. The van der Waals surface area contributed by atoms with Crippen LogP contribution >= 0.6 is 23.2 Å². The van der Waals surface area contributed by atoms with Crippen LogP contribution in [0.3, 0.4) is 0 Å². The van der Waals surface area contributed by atoms with Gasteiger partial charge in [-0.1, -0.05) is 46.5 Å². The highest BCUT2D eigenvalue weighted by atomic mass is 35.5. The summed E-state index contributed by atoms with van der Waals surface area (Å²) in [6.45, 7) is 2.70. The highest BCUT2D eigenvalue weighted by Gasteiger charge is 2.25. The van der Waals surface area contributed by atoms with Crippen LogP contribution in [-0.4, -0.2) is 32.1 Å². The average Bonchev–Trinajstić information content (AvgIpc) is 2.92. The van der Waals surface area contributed by atoms with E-state index in [0.29, 0.717) is 46.6 Å². The van der Waals surface area contributed by atoms with Crippen molar-refractivity contribution in [3.8, 4) is 11.7 Å². The van der Waals surface area contributed by atoms with E-state index in [0.717, 1.165) is 11.3 Å². The number of rotatable bonds is 3. The summed E-state index contributed by atoms with van der Waals surface area (Å²) in [5, 5.41) is 9.26. The number of hydrogen-bond acceptors (Lipinski definition) is 5. The zero-order chi connectivity index (χ0) is 17.4. The molecule has 3 aromatic rings.